The number of carbonyl (C=O) groups excluding carboxylic acids is 2. The van der Waals surface area contributed by atoms with Gasteiger partial charge in [-0.15, -0.1) is 12.4 Å². The molecule has 2 N–H and O–H groups in total. The molecule has 1 aliphatic rings. The highest BCUT2D eigenvalue weighted by Gasteiger charge is 2.24. The average Bonchev–Trinajstić information content (AvgIpc) is 2.50. The Hall–Kier alpha value is -1.66. The molecular formula is C15H21ClFN3O2. The van der Waals surface area contributed by atoms with Gasteiger partial charge >= 0.3 is 0 Å². The van der Waals surface area contributed by atoms with Crippen molar-refractivity contribution in [2.45, 2.75) is 12.8 Å². The van der Waals surface area contributed by atoms with Crippen molar-refractivity contribution in [2.24, 2.45) is 5.73 Å². The van der Waals surface area contributed by atoms with E-state index in [2.05, 4.69) is 0 Å². The van der Waals surface area contributed by atoms with E-state index in [1.54, 1.807) is 28.0 Å². The second-order valence-corrected chi connectivity index (χ2v) is 5.07. The van der Waals surface area contributed by atoms with Crippen LogP contribution in [0.5, 0.6) is 0 Å². The highest BCUT2D eigenvalue weighted by molar-refractivity contribution is 5.85. The van der Waals surface area contributed by atoms with Crippen LogP contribution in [-0.4, -0.2) is 54.3 Å². The largest absolute Gasteiger partial charge is 0.339 e. The van der Waals surface area contributed by atoms with E-state index in [0.717, 1.165) is 0 Å². The van der Waals surface area contributed by atoms with Crippen LogP contribution in [0.3, 0.4) is 0 Å². The lowest BCUT2D eigenvalue weighted by molar-refractivity contribution is -0.139. The van der Waals surface area contributed by atoms with Gasteiger partial charge < -0.3 is 15.5 Å². The molecule has 7 heteroatoms. The summed E-state index contributed by atoms with van der Waals surface area (Å²) in [6, 6.07) is 6.29. The number of rotatable bonds is 4. The lowest BCUT2D eigenvalue weighted by atomic mass is 10.1. The Morgan fingerprint density at radius 1 is 1.05 bits per heavy atom. The molecule has 1 aromatic rings. The summed E-state index contributed by atoms with van der Waals surface area (Å²) in [6.07, 6.45) is 0.395. The third-order valence-corrected chi connectivity index (χ3v) is 3.64. The quantitative estimate of drug-likeness (QED) is 0.889. The lowest BCUT2D eigenvalue weighted by Gasteiger charge is -2.35. The van der Waals surface area contributed by atoms with Gasteiger partial charge in [0.05, 0.1) is 6.42 Å². The van der Waals surface area contributed by atoms with Gasteiger partial charge in [-0.3, -0.25) is 9.59 Å². The molecule has 122 valence electrons. The summed E-state index contributed by atoms with van der Waals surface area (Å²) >= 11 is 0. The van der Waals surface area contributed by atoms with Gasteiger partial charge in [0, 0.05) is 39.1 Å². The van der Waals surface area contributed by atoms with Crippen molar-refractivity contribution in [1.29, 1.82) is 0 Å². The van der Waals surface area contributed by atoms with Crippen LogP contribution in [0.1, 0.15) is 12.0 Å². The molecule has 0 saturated carbocycles. The molecule has 1 fully saturated rings. The molecular weight excluding hydrogens is 309 g/mol. The normalized spacial score (nSPS) is 14.5. The zero-order valence-electron chi connectivity index (χ0n) is 12.3. The van der Waals surface area contributed by atoms with Crippen LogP contribution in [0.25, 0.3) is 0 Å². The van der Waals surface area contributed by atoms with Crippen molar-refractivity contribution < 1.29 is 14.0 Å². The van der Waals surface area contributed by atoms with Gasteiger partial charge in [-0.1, -0.05) is 18.2 Å². The van der Waals surface area contributed by atoms with Crippen LogP contribution in [0.4, 0.5) is 4.39 Å². The Labute approximate surface area is 135 Å². The second-order valence-electron chi connectivity index (χ2n) is 5.07. The Morgan fingerprint density at radius 2 is 1.59 bits per heavy atom. The molecule has 0 radical (unpaired) electrons. The van der Waals surface area contributed by atoms with E-state index in [-0.39, 0.29) is 36.5 Å². The molecule has 1 aromatic carbocycles. The second kappa shape index (κ2) is 8.70. The van der Waals surface area contributed by atoms with E-state index in [1.807, 2.05) is 0 Å². The molecule has 0 aromatic heterocycles. The fourth-order valence-corrected chi connectivity index (χ4v) is 2.40. The molecule has 1 heterocycles. The number of hydrogen-bond acceptors (Lipinski definition) is 3. The van der Waals surface area contributed by atoms with E-state index in [4.69, 9.17) is 5.73 Å². The molecule has 22 heavy (non-hydrogen) atoms. The zero-order valence-corrected chi connectivity index (χ0v) is 13.2. The SMILES string of the molecule is Cl.NCCC(=O)N1CCN(C(=O)Cc2ccccc2F)CC1. The minimum atomic E-state index is -0.359. The van der Waals surface area contributed by atoms with Crippen LogP contribution in [0.15, 0.2) is 24.3 Å². The van der Waals surface area contributed by atoms with E-state index < -0.39 is 0 Å². The van der Waals surface area contributed by atoms with Crippen LogP contribution in [-0.2, 0) is 16.0 Å². The molecule has 0 unspecified atom stereocenters. The predicted molar refractivity (Wildman–Crippen MR) is 84.2 cm³/mol. The number of benzene rings is 1. The minimum absolute atomic E-state index is 0. The average molecular weight is 330 g/mol. The fraction of sp³-hybridized carbons (Fsp3) is 0.467. The van der Waals surface area contributed by atoms with Gasteiger partial charge in [-0.25, -0.2) is 4.39 Å². The minimum Gasteiger partial charge on any atom is -0.339 e. The first-order valence-corrected chi connectivity index (χ1v) is 7.11. The number of piperazine rings is 1. The maximum absolute atomic E-state index is 13.5. The molecule has 0 atom stereocenters. The van der Waals surface area contributed by atoms with E-state index in [0.29, 0.717) is 44.7 Å². The standard InChI is InChI=1S/C15H20FN3O2.ClH/c16-13-4-2-1-3-12(13)11-15(21)19-9-7-18(8-10-19)14(20)5-6-17;/h1-4H,5-11,17H2;1H. The van der Waals surface area contributed by atoms with Gasteiger partial charge in [-0.2, -0.15) is 0 Å². The maximum atomic E-state index is 13.5. The summed E-state index contributed by atoms with van der Waals surface area (Å²) in [7, 11) is 0. The van der Waals surface area contributed by atoms with Crippen LogP contribution < -0.4 is 5.73 Å². The van der Waals surface area contributed by atoms with Crippen LogP contribution in [0.2, 0.25) is 0 Å². The summed E-state index contributed by atoms with van der Waals surface area (Å²) in [5.41, 5.74) is 5.77. The third-order valence-electron chi connectivity index (χ3n) is 3.64. The van der Waals surface area contributed by atoms with Gasteiger partial charge in [0.1, 0.15) is 5.82 Å². The van der Waals surface area contributed by atoms with Crippen molar-refractivity contribution in [2.75, 3.05) is 32.7 Å². The Morgan fingerprint density at radius 3 is 2.14 bits per heavy atom. The first kappa shape index (κ1) is 18.4. The third kappa shape index (κ3) is 4.68. The lowest BCUT2D eigenvalue weighted by Crippen LogP contribution is -2.51. The number of carbonyl (C=O) groups is 2. The van der Waals surface area contributed by atoms with Gasteiger partial charge in [0.25, 0.3) is 0 Å². The Kier molecular flexibility index (Phi) is 7.27. The smallest absolute Gasteiger partial charge is 0.227 e. The highest BCUT2D eigenvalue weighted by Crippen LogP contribution is 2.11. The summed E-state index contributed by atoms with van der Waals surface area (Å²) in [5, 5.41) is 0. The molecule has 1 saturated heterocycles. The zero-order chi connectivity index (χ0) is 15.2. The maximum Gasteiger partial charge on any atom is 0.227 e. The summed E-state index contributed by atoms with van der Waals surface area (Å²) < 4.78 is 13.5. The summed E-state index contributed by atoms with van der Waals surface area (Å²) in [5.74, 6) is -0.438. The number of nitrogens with zero attached hydrogens (tertiary/aromatic N) is 2. The van der Waals surface area contributed by atoms with Crippen LogP contribution >= 0.6 is 12.4 Å². The molecule has 0 bridgehead atoms. The predicted octanol–water partition coefficient (Wildman–Crippen LogP) is 0.810. The Bertz CT molecular complexity index is 519. The first-order valence-electron chi connectivity index (χ1n) is 7.11. The van der Waals surface area contributed by atoms with Crippen LogP contribution in [0, 0.1) is 5.82 Å². The molecule has 0 spiro atoms. The van der Waals surface area contributed by atoms with E-state index in [9.17, 15) is 14.0 Å². The van der Waals surface area contributed by atoms with Crippen molar-refractivity contribution in [3.8, 4) is 0 Å². The highest BCUT2D eigenvalue weighted by atomic mass is 35.5. The van der Waals surface area contributed by atoms with E-state index in [1.165, 1.54) is 6.07 Å². The molecule has 1 aliphatic heterocycles. The topological polar surface area (TPSA) is 66.6 Å². The van der Waals surface area contributed by atoms with Gasteiger partial charge in [-0.05, 0) is 11.6 Å². The number of halogens is 2. The number of hydrogen-bond donors (Lipinski definition) is 1. The van der Waals surface area contributed by atoms with Crippen molar-refractivity contribution >= 4 is 24.2 Å². The van der Waals surface area contributed by atoms with Crippen molar-refractivity contribution in [3.05, 3.63) is 35.6 Å². The summed E-state index contributed by atoms with van der Waals surface area (Å²) in [6.45, 7) is 2.35. The molecule has 2 amide bonds. The summed E-state index contributed by atoms with van der Waals surface area (Å²) in [4.78, 5) is 27.3. The fourth-order valence-electron chi connectivity index (χ4n) is 2.40. The molecule has 0 aliphatic carbocycles. The molecule has 5 nitrogen and oxygen atoms in total. The number of nitrogens with two attached hydrogens (primary N) is 1. The number of amides is 2. The van der Waals surface area contributed by atoms with Crippen molar-refractivity contribution in [3.63, 3.8) is 0 Å². The molecule has 2 rings (SSSR count). The van der Waals surface area contributed by atoms with Gasteiger partial charge in [0.2, 0.25) is 11.8 Å². The van der Waals surface area contributed by atoms with Gasteiger partial charge in [0.15, 0.2) is 0 Å². The van der Waals surface area contributed by atoms with E-state index >= 15 is 0 Å². The monoisotopic (exact) mass is 329 g/mol. The Balaban J connectivity index is 0.00000242. The van der Waals surface area contributed by atoms with Crippen molar-refractivity contribution in [1.82, 2.24) is 9.80 Å². The first-order chi connectivity index (χ1) is 10.1.